The summed E-state index contributed by atoms with van der Waals surface area (Å²) in [5, 5.41) is 2.30. The Kier molecular flexibility index (Phi) is 16.7. The van der Waals surface area contributed by atoms with Crippen molar-refractivity contribution < 1.29 is 9.47 Å². The second kappa shape index (κ2) is 20.4. The van der Waals surface area contributed by atoms with Gasteiger partial charge in [0.1, 0.15) is 22.9 Å². The largest absolute Gasteiger partial charge is 0.491 e. The molecule has 0 fully saturated rings. The van der Waals surface area contributed by atoms with Crippen molar-refractivity contribution in [3.05, 3.63) is 115 Å². The van der Waals surface area contributed by atoms with E-state index in [2.05, 4.69) is 48.0 Å². The number of aromatic nitrogens is 2. The Morgan fingerprint density at radius 3 is 1.54 bits per heavy atom. The van der Waals surface area contributed by atoms with Crippen LogP contribution in [0.4, 0.5) is 0 Å². The molecule has 256 valence electrons. The number of rotatable bonds is 14. The third-order valence-corrected chi connectivity index (χ3v) is 8.37. The van der Waals surface area contributed by atoms with Gasteiger partial charge in [-0.15, -0.1) is 0 Å². The van der Waals surface area contributed by atoms with Crippen LogP contribution in [0.5, 0.6) is 11.5 Å². The number of ether oxygens (including phenoxy) is 2. The maximum Gasteiger partial charge on any atom is 0.144 e. The van der Waals surface area contributed by atoms with E-state index in [9.17, 15) is 0 Å². The lowest BCUT2D eigenvalue weighted by Gasteiger charge is -2.12. The molecule has 2 aromatic heterocycles. The number of pyridine rings is 2. The van der Waals surface area contributed by atoms with E-state index in [1.54, 1.807) is 6.07 Å². The Morgan fingerprint density at radius 1 is 0.583 bits per heavy atom. The topological polar surface area (TPSA) is 50.7 Å². The molecule has 0 saturated carbocycles. The predicted molar refractivity (Wildman–Crippen MR) is 206 cm³/mol. The van der Waals surface area contributed by atoms with Crippen LogP contribution < -0.4 is 9.47 Å². The van der Waals surface area contributed by atoms with Crippen LogP contribution in [-0.2, 0) is 0 Å². The molecule has 0 atom stereocenters. The second-order valence-corrected chi connectivity index (χ2v) is 13.2. The first-order valence-electron chi connectivity index (χ1n) is 15.7. The third-order valence-electron chi connectivity index (χ3n) is 6.87. The number of hydrogen-bond donors (Lipinski definition) is 0. The van der Waals surface area contributed by atoms with E-state index in [0.717, 1.165) is 71.3 Å². The molecule has 2 aromatic carbocycles. The number of benzene rings is 2. The minimum Gasteiger partial charge on any atom is -0.491 e. The lowest BCUT2D eigenvalue weighted by atomic mass is 10.2. The smallest absolute Gasteiger partial charge is 0.144 e. The SMILES string of the molecule is Cc1ccc(OCCCN(C)C)c(C=Cc2c(Cl)cccc2Cl)n1.Cc1ccc(OCCCN(C)C)c(C=Cc2cccc(Cl)c2Cl)n1. The Hall–Kier alpha value is -3.10. The molecule has 6 nitrogen and oxygen atoms in total. The Labute approximate surface area is 305 Å². The lowest BCUT2D eigenvalue weighted by molar-refractivity contribution is 0.280. The summed E-state index contributed by atoms with van der Waals surface area (Å²) in [4.78, 5) is 13.4. The zero-order valence-corrected chi connectivity index (χ0v) is 31.5. The van der Waals surface area contributed by atoms with Gasteiger partial charge in [-0.05, 0) is 121 Å². The van der Waals surface area contributed by atoms with Crippen molar-refractivity contribution in [3.8, 4) is 11.5 Å². The summed E-state index contributed by atoms with van der Waals surface area (Å²) in [6.45, 7) is 7.19. The Bertz CT molecular complexity index is 1650. The molecule has 0 N–H and O–H groups in total. The maximum absolute atomic E-state index is 6.22. The maximum atomic E-state index is 6.22. The minimum absolute atomic E-state index is 0.538. The average molecular weight is 731 g/mol. The fourth-order valence-corrected chi connectivity index (χ4v) is 5.28. The zero-order chi connectivity index (χ0) is 35.1. The molecule has 4 rings (SSSR count). The molecule has 0 aliphatic carbocycles. The molecule has 0 spiro atoms. The highest BCUT2D eigenvalue weighted by Gasteiger charge is 2.07. The second-order valence-electron chi connectivity index (χ2n) is 11.6. The van der Waals surface area contributed by atoms with E-state index in [4.69, 9.17) is 55.9 Å². The van der Waals surface area contributed by atoms with E-state index < -0.39 is 0 Å². The summed E-state index contributed by atoms with van der Waals surface area (Å²) in [5.74, 6) is 1.53. The van der Waals surface area contributed by atoms with Gasteiger partial charge in [-0.1, -0.05) is 70.7 Å². The van der Waals surface area contributed by atoms with Crippen molar-refractivity contribution in [1.82, 2.24) is 19.8 Å². The van der Waals surface area contributed by atoms with Crippen LogP contribution in [0.15, 0.2) is 60.7 Å². The summed E-state index contributed by atoms with van der Waals surface area (Å²) < 4.78 is 11.8. The average Bonchev–Trinajstić information content (AvgIpc) is 3.03. The molecule has 0 radical (unpaired) electrons. The fourth-order valence-electron chi connectivity index (χ4n) is 4.39. The molecule has 0 amide bonds. The van der Waals surface area contributed by atoms with Crippen molar-refractivity contribution in [2.24, 2.45) is 0 Å². The lowest BCUT2D eigenvalue weighted by Crippen LogP contribution is -2.15. The van der Waals surface area contributed by atoms with Gasteiger partial charge in [-0.25, -0.2) is 9.97 Å². The van der Waals surface area contributed by atoms with E-state index in [-0.39, 0.29) is 0 Å². The normalized spacial score (nSPS) is 11.4. The van der Waals surface area contributed by atoms with Gasteiger partial charge < -0.3 is 19.3 Å². The Balaban J connectivity index is 0.000000260. The molecule has 0 unspecified atom stereocenters. The Morgan fingerprint density at radius 2 is 1.04 bits per heavy atom. The summed E-state index contributed by atoms with van der Waals surface area (Å²) in [6.07, 6.45) is 9.50. The van der Waals surface area contributed by atoms with Gasteiger partial charge in [-0.3, -0.25) is 0 Å². The predicted octanol–water partition coefficient (Wildman–Crippen LogP) is 10.4. The van der Waals surface area contributed by atoms with Crippen LogP contribution >= 0.6 is 46.4 Å². The molecule has 4 aromatic rings. The van der Waals surface area contributed by atoms with Crippen LogP contribution in [-0.4, -0.2) is 74.3 Å². The summed E-state index contributed by atoms with van der Waals surface area (Å²) >= 11 is 24.7. The van der Waals surface area contributed by atoms with E-state index in [0.29, 0.717) is 33.3 Å². The van der Waals surface area contributed by atoms with Gasteiger partial charge in [0.15, 0.2) is 0 Å². The van der Waals surface area contributed by atoms with Crippen LogP contribution in [0.1, 0.15) is 46.7 Å². The summed E-state index contributed by atoms with van der Waals surface area (Å²) in [5.41, 5.74) is 5.06. The zero-order valence-electron chi connectivity index (χ0n) is 28.4. The number of nitrogens with zero attached hydrogens (tertiary/aromatic N) is 4. The first-order valence-corrected chi connectivity index (χ1v) is 17.2. The molecular weight excluding hydrogens is 686 g/mol. The molecule has 48 heavy (non-hydrogen) atoms. The first kappa shape index (κ1) is 39.3. The van der Waals surface area contributed by atoms with Gasteiger partial charge in [0, 0.05) is 40.1 Å². The molecule has 10 heteroatoms. The molecule has 2 heterocycles. The number of halogens is 4. The number of aryl methyl sites for hydroxylation is 2. The minimum atomic E-state index is 0.538. The van der Waals surface area contributed by atoms with Gasteiger partial charge >= 0.3 is 0 Å². The monoisotopic (exact) mass is 728 g/mol. The van der Waals surface area contributed by atoms with Crippen molar-refractivity contribution in [3.63, 3.8) is 0 Å². The molecule has 0 aliphatic heterocycles. The fraction of sp³-hybridized carbons (Fsp3) is 0.316. The van der Waals surface area contributed by atoms with Crippen LogP contribution in [0.2, 0.25) is 20.1 Å². The van der Waals surface area contributed by atoms with Crippen molar-refractivity contribution >= 4 is 70.7 Å². The highest BCUT2D eigenvalue weighted by atomic mass is 35.5. The van der Waals surface area contributed by atoms with Crippen LogP contribution in [0.25, 0.3) is 24.3 Å². The van der Waals surface area contributed by atoms with Gasteiger partial charge in [0.25, 0.3) is 0 Å². The summed E-state index contributed by atoms with van der Waals surface area (Å²) in [6, 6.07) is 18.8. The standard InChI is InChI=1S/2C19H22Cl2N2O/c1-14-8-11-19(24-13-5-12-23(2)3)18(22-14)10-9-15-16(20)6-4-7-17(15)21;1-14-8-11-18(24-13-5-12-23(2)3)17(22-14)10-9-15-6-4-7-16(20)19(15)21/h2*4,6-11H,5,12-13H2,1-3H3. The summed E-state index contributed by atoms with van der Waals surface area (Å²) in [7, 11) is 8.20. The molecule has 0 saturated heterocycles. The third kappa shape index (κ3) is 13.4. The van der Waals surface area contributed by atoms with Gasteiger partial charge in [0.05, 0.1) is 23.3 Å². The highest BCUT2D eigenvalue weighted by molar-refractivity contribution is 6.43. The van der Waals surface area contributed by atoms with E-state index in [1.807, 2.05) is 92.7 Å². The van der Waals surface area contributed by atoms with E-state index >= 15 is 0 Å². The quantitative estimate of drug-likeness (QED) is 0.120. The van der Waals surface area contributed by atoms with Gasteiger partial charge in [-0.2, -0.15) is 0 Å². The van der Waals surface area contributed by atoms with Crippen LogP contribution in [0, 0.1) is 13.8 Å². The molecular formula is C38H44Cl4N4O2. The van der Waals surface area contributed by atoms with Gasteiger partial charge in [0.2, 0.25) is 0 Å². The first-order chi connectivity index (χ1) is 22.9. The van der Waals surface area contributed by atoms with Crippen LogP contribution in [0.3, 0.4) is 0 Å². The van der Waals surface area contributed by atoms with E-state index in [1.165, 1.54) is 0 Å². The van der Waals surface area contributed by atoms with Crippen molar-refractivity contribution in [1.29, 1.82) is 0 Å². The number of hydrogen-bond acceptors (Lipinski definition) is 6. The van der Waals surface area contributed by atoms with Crippen molar-refractivity contribution in [2.75, 3.05) is 54.5 Å². The van der Waals surface area contributed by atoms with Crippen molar-refractivity contribution in [2.45, 2.75) is 26.7 Å². The highest BCUT2D eigenvalue weighted by Crippen LogP contribution is 2.29. The molecule has 0 bridgehead atoms. The molecule has 0 aliphatic rings.